The van der Waals surface area contributed by atoms with Crippen molar-refractivity contribution in [2.24, 2.45) is 0 Å². The van der Waals surface area contributed by atoms with Crippen molar-refractivity contribution in [1.82, 2.24) is 5.32 Å². The second-order valence-electron chi connectivity index (χ2n) is 4.09. The molecule has 1 unspecified atom stereocenters. The van der Waals surface area contributed by atoms with Crippen molar-refractivity contribution >= 4 is 22.9 Å². The Kier molecular flexibility index (Phi) is 4.75. The zero-order chi connectivity index (χ0) is 13.0. The Morgan fingerprint density at radius 2 is 2.22 bits per heavy atom. The van der Waals surface area contributed by atoms with Crippen LogP contribution in [0.3, 0.4) is 0 Å². The molecule has 0 radical (unpaired) electrons. The van der Waals surface area contributed by atoms with Crippen LogP contribution in [0.1, 0.15) is 29.8 Å². The fourth-order valence-corrected chi connectivity index (χ4v) is 2.92. The predicted octanol–water partition coefficient (Wildman–Crippen LogP) is 4.78. The first-order valence-corrected chi connectivity index (χ1v) is 7.17. The normalized spacial score (nSPS) is 12.6. The molecule has 96 valence electrons. The number of hydrogen-bond donors (Lipinski definition) is 1. The topological polar surface area (TPSA) is 12.0 Å². The molecule has 2 rings (SSSR count). The van der Waals surface area contributed by atoms with Gasteiger partial charge >= 0.3 is 0 Å². The summed E-state index contributed by atoms with van der Waals surface area (Å²) in [6.45, 7) is 2.71. The maximum atomic E-state index is 13.1. The second kappa shape index (κ2) is 6.32. The third-order valence-electron chi connectivity index (χ3n) is 2.84. The van der Waals surface area contributed by atoms with E-state index in [1.165, 1.54) is 17.0 Å². The van der Waals surface area contributed by atoms with Crippen molar-refractivity contribution in [1.29, 1.82) is 0 Å². The van der Waals surface area contributed by atoms with Crippen molar-refractivity contribution in [3.8, 4) is 0 Å². The summed E-state index contributed by atoms with van der Waals surface area (Å²) < 4.78 is 13.1. The van der Waals surface area contributed by atoms with Crippen molar-refractivity contribution in [3.05, 3.63) is 57.0 Å². The highest BCUT2D eigenvalue weighted by atomic mass is 35.5. The van der Waals surface area contributed by atoms with Gasteiger partial charge in [0, 0.05) is 22.5 Å². The van der Waals surface area contributed by atoms with Gasteiger partial charge in [0.1, 0.15) is 5.82 Å². The maximum Gasteiger partial charge on any atom is 0.123 e. The lowest BCUT2D eigenvalue weighted by molar-refractivity contribution is 0.524. The molecule has 0 aliphatic rings. The summed E-state index contributed by atoms with van der Waals surface area (Å²) in [6, 6.07) is 8.90. The Bertz CT molecular complexity index is 499. The van der Waals surface area contributed by atoms with E-state index in [9.17, 15) is 4.39 Å². The monoisotopic (exact) mass is 283 g/mol. The zero-order valence-electron chi connectivity index (χ0n) is 10.1. The number of nitrogens with one attached hydrogen (secondary N) is 1. The van der Waals surface area contributed by atoms with Crippen molar-refractivity contribution in [2.75, 3.05) is 0 Å². The molecule has 1 heterocycles. The van der Waals surface area contributed by atoms with E-state index in [-0.39, 0.29) is 5.82 Å². The van der Waals surface area contributed by atoms with Gasteiger partial charge in [0.2, 0.25) is 0 Å². The average molecular weight is 284 g/mol. The van der Waals surface area contributed by atoms with Crippen LogP contribution < -0.4 is 5.32 Å². The molecule has 0 saturated carbocycles. The van der Waals surface area contributed by atoms with Crippen LogP contribution in [0.4, 0.5) is 4.39 Å². The van der Waals surface area contributed by atoms with E-state index in [0.717, 1.165) is 12.0 Å². The summed E-state index contributed by atoms with van der Waals surface area (Å²) in [5.41, 5.74) is 0.798. The number of hydrogen-bond acceptors (Lipinski definition) is 2. The number of rotatable bonds is 5. The van der Waals surface area contributed by atoms with E-state index >= 15 is 0 Å². The molecule has 0 fully saturated rings. The van der Waals surface area contributed by atoms with Gasteiger partial charge in [-0.1, -0.05) is 24.6 Å². The molecule has 0 saturated heterocycles. The highest BCUT2D eigenvalue weighted by Gasteiger charge is 2.10. The standard InChI is InChI=1S/C14H15ClFNS/c1-2-13(14-4-3-7-18-14)17-9-10-8-11(16)5-6-12(10)15/h3-8,13,17H,2,9H2,1H3. The average Bonchev–Trinajstić information content (AvgIpc) is 2.88. The second-order valence-corrected chi connectivity index (χ2v) is 5.48. The maximum absolute atomic E-state index is 13.1. The van der Waals surface area contributed by atoms with Crippen molar-refractivity contribution in [2.45, 2.75) is 25.9 Å². The molecule has 0 aliphatic heterocycles. The number of thiophene rings is 1. The van der Waals surface area contributed by atoms with Crippen LogP contribution in [0.15, 0.2) is 35.7 Å². The highest BCUT2D eigenvalue weighted by molar-refractivity contribution is 7.10. The Morgan fingerprint density at radius 1 is 1.39 bits per heavy atom. The minimum atomic E-state index is -0.250. The van der Waals surface area contributed by atoms with Gasteiger partial charge in [-0.05, 0) is 41.6 Å². The fraction of sp³-hybridized carbons (Fsp3) is 0.286. The van der Waals surface area contributed by atoms with Gasteiger partial charge < -0.3 is 5.32 Å². The predicted molar refractivity (Wildman–Crippen MR) is 75.6 cm³/mol. The van der Waals surface area contributed by atoms with Crippen LogP contribution in [-0.2, 0) is 6.54 Å². The number of benzene rings is 1. The zero-order valence-corrected chi connectivity index (χ0v) is 11.7. The fourth-order valence-electron chi connectivity index (χ4n) is 1.85. The molecule has 1 atom stereocenters. The van der Waals surface area contributed by atoms with Gasteiger partial charge in [-0.2, -0.15) is 0 Å². The third-order valence-corrected chi connectivity index (χ3v) is 4.20. The first kappa shape index (κ1) is 13.5. The van der Waals surface area contributed by atoms with Gasteiger partial charge in [-0.25, -0.2) is 4.39 Å². The van der Waals surface area contributed by atoms with Gasteiger partial charge in [-0.15, -0.1) is 11.3 Å². The lowest BCUT2D eigenvalue weighted by Gasteiger charge is -2.16. The molecule has 1 aromatic carbocycles. The minimum absolute atomic E-state index is 0.250. The molecule has 1 aromatic heterocycles. The SMILES string of the molecule is CCC(NCc1cc(F)ccc1Cl)c1cccs1. The van der Waals surface area contributed by atoms with E-state index in [4.69, 9.17) is 11.6 Å². The van der Waals surface area contributed by atoms with Gasteiger partial charge in [0.15, 0.2) is 0 Å². The van der Waals surface area contributed by atoms with Crippen LogP contribution in [0, 0.1) is 5.82 Å². The van der Waals surface area contributed by atoms with Crippen LogP contribution in [-0.4, -0.2) is 0 Å². The van der Waals surface area contributed by atoms with Crippen LogP contribution >= 0.6 is 22.9 Å². The van der Waals surface area contributed by atoms with Gasteiger partial charge in [-0.3, -0.25) is 0 Å². The van der Waals surface area contributed by atoms with Crippen molar-refractivity contribution < 1.29 is 4.39 Å². The molecule has 0 aliphatic carbocycles. The quantitative estimate of drug-likeness (QED) is 0.832. The Morgan fingerprint density at radius 3 is 2.89 bits per heavy atom. The third kappa shape index (κ3) is 3.31. The summed E-state index contributed by atoms with van der Waals surface area (Å²) in [7, 11) is 0. The van der Waals surface area contributed by atoms with Crippen LogP contribution in [0.2, 0.25) is 5.02 Å². The summed E-state index contributed by atoms with van der Waals surface area (Å²) in [5.74, 6) is -0.250. The lowest BCUT2D eigenvalue weighted by atomic mass is 10.1. The van der Waals surface area contributed by atoms with E-state index in [2.05, 4.69) is 23.7 Å². The molecule has 1 N–H and O–H groups in total. The molecule has 2 aromatic rings. The molecule has 0 spiro atoms. The minimum Gasteiger partial charge on any atom is -0.305 e. The summed E-state index contributed by atoms with van der Waals surface area (Å²) >= 11 is 7.77. The number of halogens is 2. The van der Waals surface area contributed by atoms with Gasteiger partial charge in [0.25, 0.3) is 0 Å². The van der Waals surface area contributed by atoms with Crippen LogP contribution in [0.25, 0.3) is 0 Å². The largest absolute Gasteiger partial charge is 0.305 e. The van der Waals surface area contributed by atoms with E-state index in [1.54, 1.807) is 17.4 Å². The summed E-state index contributed by atoms with van der Waals surface area (Å²) in [4.78, 5) is 1.30. The highest BCUT2D eigenvalue weighted by Crippen LogP contribution is 2.23. The molecule has 1 nitrogen and oxygen atoms in total. The Balaban J connectivity index is 2.04. The van der Waals surface area contributed by atoms with E-state index in [0.29, 0.717) is 17.6 Å². The van der Waals surface area contributed by atoms with Crippen LogP contribution in [0.5, 0.6) is 0 Å². The summed E-state index contributed by atoms with van der Waals surface area (Å²) in [6.07, 6.45) is 0.994. The molecular weight excluding hydrogens is 269 g/mol. The lowest BCUT2D eigenvalue weighted by Crippen LogP contribution is -2.19. The van der Waals surface area contributed by atoms with E-state index in [1.807, 2.05) is 6.07 Å². The Hall–Kier alpha value is -0.900. The smallest absolute Gasteiger partial charge is 0.123 e. The Labute approximate surface area is 116 Å². The molecule has 0 amide bonds. The first-order valence-electron chi connectivity index (χ1n) is 5.91. The first-order chi connectivity index (χ1) is 8.70. The molecule has 4 heteroatoms. The summed E-state index contributed by atoms with van der Waals surface area (Å²) in [5, 5.41) is 6.08. The molecule has 0 bridgehead atoms. The van der Waals surface area contributed by atoms with E-state index < -0.39 is 0 Å². The molecule has 18 heavy (non-hydrogen) atoms. The molecular formula is C14H15ClFNS. The van der Waals surface area contributed by atoms with Gasteiger partial charge in [0.05, 0.1) is 0 Å². The van der Waals surface area contributed by atoms with Crippen molar-refractivity contribution in [3.63, 3.8) is 0 Å².